The summed E-state index contributed by atoms with van der Waals surface area (Å²) in [6.45, 7) is 3.76. The molecule has 0 aliphatic carbocycles. The highest BCUT2D eigenvalue weighted by atomic mass is 35.5. The number of aromatic nitrogens is 1. The maximum absolute atomic E-state index is 12.2. The maximum atomic E-state index is 12.2. The van der Waals surface area contributed by atoms with Crippen molar-refractivity contribution in [1.29, 1.82) is 0 Å². The molecule has 0 spiro atoms. The van der Waals surface area contributed by atoms with Crippen molar-refractivity contribution in [2.24, 2.45) is 0 Å². The van der Waals surface area contributed by atoms with Crippen LogP contribution in [0.3, 0.4) is 0 Å². The van der Waals surface area contributed by atoms with Crippen LogP contribution in [0.2, 0.25) is 10.0 Å². The number of amides is 4. The standard InChI is InChI=1S/C18H15Cl2N3O3/c1-9-6-11(7-13-16(24)21-18(26)22(3)17(13)25)10(2)23(9)12-4-5-14(19)15(20)8-12/h4-8H,1-3H3,(H,21,24,26). The zero-order chi connectivity index (χ0) is 19.2. The number of imide groups is 2. The van der Waals surface area contributed by atoms with Gasteiger partial charge in [0.1, 0.15) is 5.57 Å². The molecule has 1 fully saturated rings. The first-order chi connectivity index (χ1) is 12.2. The lowest BCUT2D eigenvalue weighted by Gasteiger charge is -2.22. The average molecular weight is 392 g/mol. The van der Waals surface area contributed by atoms with Gasteiger partial charge in [-0.3, -0.25) is 19.8 Å². The van der Waals surface area contributed by atoms with E-state index in [0.717, 1.165) is 22.0 Å². The van der Waals surface area contributed by atoms with Crippen LogP contribution in [0, 0.1) is 13.8 Å². The molecular formula is C18H15Cl2N3O3. The van der Waals surface area contributed by atoms with E-state index in [1.54, 1.807) is 12.1 Å². The van der Waals surface area contributed by atoms with Crippen molar-refractivity contribution in [2.75, 3.05) is 7.05 Å². The third kappa shape index (κ3) is 3.02. The SMILES string of the molecule is Cc1cc(C=C2C(=O)NC(=O)N(C)C2=O)c(C)n1-c1ccc(Cl)c(Cl)c1. The van der Waals surface area contributed by atoms with E-state index in [0.29, 0.717) is 15.6 Å². The number of nitrogens with one attached hydrogen (secondary N) is 1. The highest BCUT2D eigenvalue weighted by Crippen LogP contribution is 2.28. The summed E-state index contributed by atoms with van der Waals surface area (Å²) in [5.74, 6) is -1.35. The van der Waals surface area contributed by atoms with Crippen LogP contribution in [-0.4, -0.2) is 34.4 Å². The minimum Gasteiger partial charge on any atom is -0.318 e. The van der Waals surface area contributed by atoms with E-state index in [2.05, 4.69) is 5.32 Å². The Kier molecular flexibility index (Phi) is 4.64. The smallest absolute Gasteiger partial charge is 0.318 e. The maximum Gasteiger partial charge on any atom is 0.331 e. The summed E-state index contributed by atoms with van der Waals surface area (Å²) < 4.78 is 1.94. The summed E-state index contributed by atoms with van der Waals surface area (Å²) >= 11 is 12.1. The van der Waals surface area contributed by atoms with E-state index in [1.165, 1.54) is 13.1 Å². The molecule has 0 saturated carbocycles. The van der Waals surface area contributed by atoms with Gasteiger partial charge in [0, 0.05) is 24.1 Å². The van der Waals surface area contributed by atoms with Crippen LogP contribution >= 0.6 is 23.2 Å². The quantitative estimate of drug-likeness (QED) is 0.628. The van der Waals surface area contributed by atoms with E-state index in [-0.39, 0.29) is 5.57 Å². The van der Waals surface area contributed by atoms with Gasteiger partial charge in [0.15, 0.2) is 0 Å². The Morgan fingerprint density at radius 1 is 1.04 bits per heavy atom. The summed E-state index contributed by atoms with van der Waals surface area (Å²) in [5, 5.41) is 3.02. The number of rotatable bonds is 2. The van der Waals surface area contributed by atoms with Crippen LogP contribution < -0.4 is 5.32 Å². The Balaban J connectivity index is 2.08. The molecule has 2 aromatic rings. The van der Waals surface area contributed by atoms with Gasteiger partial charge in [-0.05, 0) is 49.8 Å². The molecule has 1 aromatic heterocycles. The number of likely N-dealkylation sites (N-methyl/N-ethyl adjacent to an activating group) is 1. The molecule has 0 radical (unpaired) electrons. The second-order valence-electron chi connectivity index (χ2n) is 5.94. The first kappa shape index (κ1) is 18.2. The van der Waals surface area contributed by atoms with Crippen LogP contribution in [0.4, 0.5) is 4.79 Å². The molecular weight excluding hydrogens is 377 g/mol. The van der Waals surface area contributed by atoms with E-state index >= 15 is 0 Å². The van der Waals surface area contributed by atoms with Gasteiger partial charge in [-0.2, -0.15) is 0 Å². The van der Waals surface area contributed by atoms with E-state index in [9.17, 15) is 14.4 Å². The molecule has 0 bridgehead atoms. The Labute approximate surface area is 160 Å². The summed E-state index contributed by atoms with van der Waals surface area (Å²) in [6.07, 6.45) is 1.48. The Morgan fingerprint density at radius 3 is 2.38 bits per heavy atom. The number of urea groups is 1. The minimum absolute atomic E-state index is 0.0958. The normalized spacial score (nSPS) is 16.4. The zero-order valence-electron chi connectivity index (χ0n) is 14.3. The van der Waals surface area contributed by atoms with Crippen molar-refractivity contribution in [1.82, 2.24) is 14.8 Å². The lowest BCUT2D eigenvalue weighted by Crippen LogP contribution is -2.52. The predicted molar refractivity (Wildman–Crippen MR) is 99.5 cm³/mol. The number of aryl methyl sites for hydroxylation is 1. The highest BCUT2D eigenvalue weighted by Gasteiger charge is 2.33. The number of nitrogens with zero attached hydrogens (tertiary/aromatic N) is 2. The fourth-order valence-corrected chi connectivity index (χ4v) is 3.15. The third-order valence-corrected chi connectivity index (χ3v) is 4.98. The molecule has 6 nitrogen and oxygen atoms in total. The predicted octanol–water partition coefficient (Wildman–Crippen LogP) is 3.49. The van der Waals surface area contributed by atoms with Crippen molar-refractivity contribution in [3.05, 3.63) is 56.8 Å². The van der Waals surface area contributed by atoms with E-state index in [4.69, 9.17) is 23.2 Å². The summed E-state index contributed by atoms with van der Waals surface area (Å²) in [4.78, 5) is 36.6. The number of barbiturate groups is 1. The number of carbonyl (C=O) groups is 3. The molecule has 26 heavy (non-hydrogen) atoms. The molecule has 134 valence electrons. The van der Waals surface area contributed by atoms with Crippen molar-refractivity contribution >= 4 is 47.1 Å². The first-order valence-electron chi connectivity index (χ1n) is 7.70. The summed E-state index contributed by atoms with van der Waals surface area (Å²) in [7, 11) is 1.32. The molecule has 0 atom stereocenters. The van der Waals surface area contributed by atoms with Crippen LogP contribution in [0.15, 0.2) is 29.8 Å². The monoisotopic (exact) mass is 391 g/mol. The minimum atomic E-state index is -0.738. The number of halogens is 2. The van der Waals surface area contributed by atoms with Gasteiger partial charge in [0.05, 0.1) is 10.0 Å². The van der Waals surface area contributed by atoms with Gasteiger partial charge in [-0.15, -0.1) is 0 Å². The number of hydrogen-bond acceptors (Lipinski definition) is 3. The van der Waals surface area contributed by atoms with Gasteiger partial charge in [-0.1, -0.05) is 23.2 Å². The first-order valence-corrected chi connectivity index (χ1v) is 8.45. The Hall–Kier alpha value is -2.57. The van der Waals surface area contributed by atoms with Crippen molar-refractivity contribution in [2.45, 2.75) is 13.8 Å². The molecule has 1 saturated heterocycles. The van der Waals surface area contributed by atoms with E-state index in [1.807, 2.05) is 30.5 Å². The van der Waals surface area contributed by atoms with Crippen LogP contribution in [-0.2, 0) is 9.59 Å². The van der Waals surface area contributed by atoms with Crippen LogP contribution in [0.1, 0.15) is 17.0 Å². The van der Waals surface area contributed by atoms with Crippen molar-refractivity contribution in [3.63, 3.8) is 0 Å². The Morgan fingerprint density at radius 2 is 1.73 bits per heavy atom. The fourth-order valence-electron chi connectivity index (χ4n) is 2.86. The zero-order valence-corrected chi connectivity index (χ0v) is 15.8. The largest absolute Gasteiger partial charge is 0.331 e. The molecule has 1 aliphatic heterocycles. The molecule has 8 heteroatoms. The van der Waals surface area contributed by atoms with Gasteiger partial charge in [0.2, 0.25) is 0 Å². The topological polar surface area (TPSA) is 71.4 Å². The lowest BCUT2D eigenvalue weighted by atomic mass is 10.1. The van der Waals surface area contributed by atoms with Crippen LogP contribution in [0.5, 0.6) is 0 Å². The molecule has 4 amide bonds. The highest BCUT2D eigenvalue weighted by molar-refractivity contribution is 6.42. The van der Waals surface area contributed by atoms with Gasteiger partial charge in [0.25, 0.3) is 11.8 Å². The third-order valence-electron chi connectivity index (χ3n) is 4.24. The number of carbonyl (C=O) groups excluding carboxylic acids is 3. The lowest BCUT2D eigenvalue weighted by molar-refractivity contribution is -0.129. The molecule has 1 aromatic carbocycles. The number of hydrogen-bond donors (Lipinski definition) is 1. The van der Waals surface area contributed by atoms with Gasteiger partial charge in [-0.25, -0.2) is 4.79 Å². The second kappa shape index (κ2) is 6.63. The van der Waals surface area contributed by atoms with Gasteiger partial charge >= 0.3 is 6.03 Å². The molecule has 0 unspecified atom stereocenters. The molecule has 1 aliphatic rings. The molecule has 2 heterocycles. The fraction of sp³-hybridized carbons (Fsp3) is 0.167. The Bertz CT molecular complexity index is 992. The van der Waals surface area contributed by atoms with Crippen molar-refractivity contribution in [3.8, 4) is 5.69 Å². The second-order valence-corrected chi connectivity index (χ2v) is 6.76. The van der Waals surface area contributed by atoms with Gasteiger partial charge < -0.3 is 4.57 Å². The van der Waals surface area contributed by atoms with E-state index < -0.39 is 17.8 Å². The number of benzene rings is 1. The van der Waals surface area contributed by atoms with Crippen LogP contribution in [0.25, 0.3) is 11.8 Å². The average Bonchev–Trinajstić information content (AvgIpc) is 2.86. The summed E-state index contributed by atoms with van der Waals surface area (Å²) in [6, 6.07) is 6.39. The van der Waals surface area contributed by atoms with Crippen molar-refractivity contribution < 1.29 is 14.4 Å². The molecule has 3 rings (SSSR count). The summed E-state index contributed by atoms with van der Waals surface area (Å²) in [5.41, 5.74) is 3.11. The molecule has 1 N–H and O–H groups in total.